The van der Waals surface area contributed by atoms with E-state index in [0.29, 0.717) is 6.42 Å². The van der Waals surface area contributed by atoms with Crippen molar-refractivity contribution in [3.05, 3.63) is 12.2 Å². The third-order valence-corrected chi connectivity index (χ3v) is 3.86. The fourth-order valence-electron chi connectivity index (χ4n) is 2.41. The van der Waals surface area contributed by atoms with Crippen molar-refractivity contribution in [3.63, 3.8) is 0 Å². The first-order chi connectivity index (χ1) is 11.1. The molecule has 0 radical (unpaired) electrons. The highest BCUT2D eigenvalue weighted by atomic mass is 16.5. The molecule has 0 aromatic carbocycles. The molecule has 0 rings (SSSR count). The number of ether oxygens (including phenoxy) is 1. The fraction of sp³-hybridized carbons (Fsp3) is 0.789. The Morgan fingerprint density at radius 1 is 1.04 bits per heavy atom. The molecule has 0 aromatic rings. The molecule has 4 nitrogen and oxygen atoms in total. The number of esters is 1. The summed E-state index contributed by atoms with van der Waals surface area (Å²) in [7, 11) is 1.42. The van der Waals surface area contributed by atoms with Crippen LogP contribution in [0.2, 0.25) is 0 Å². The summed E-state index contributed by atoms with van der Waals surface area (Å²) in [6.07, 6.45) is 13.8. The Balaban J connectivity index is 3.48. The van der Waals surface area contributed by atoms with Crippen LogP contribution in [-0.2, 0) is 14.3 Å². The van der Waals surface area contributed by atoms with E-state index in [1.54, 1.807) is 6.08 Å². The lowest BCUT2D eigenvalue weighted by atomic mass is 10.0. The van der Waals surface area contributed by atoms with Gasteiger partial charge >= 0.3 is 5.97 Å². The topological polar surface area (TPSA) is 63.6 Å². The maximum absolute atomic E-state index is 11.7. The molecule has 1 N–H and O–H groups in total. The molecule has 0 aliphatic heterocycles. The number of carbonyl (C=O) groups is 2. The van der Waals surface area contributed by atoms with E-state index in [2.05, 4.69) is 11.7 Å². The predicted molar refractivity (Wildman–Crippen MR) is 93.2 cm³/mol. The third kappa shape index (κ3) is 15.5. The van der Waals surface area contributed by atoms with Gasteiger partial charge in [0.1, 0.15) is 0 Å². The van der Waals surface area contributed by atoms with Gasteiger partial charge in [-0.1, -0.05) is 51.5 Å². The maximum atomic E-state index is 11.7. The summed E-state index contributed by atoms with van der Waals surface area (Å²) in [5.41, 5.74) is 0. The molecule has 0 saturated carbocycles. The Bertz CT molecular complexity index is 336. The molecule has 0 aromatic heterocycles. The summed E-state index contributed by atoms with van der Waals surface area (Å²) in [6.45, 7) is 2.12. The number of hydrogen-bond donors (Lipinski definition) is 1. The molecule has 0 aliphatic carbocycles. The highest BCUT2D eigenvalue weighted by molar-refractivity contribution is 5.89. The highest BCUT2D eigenvalue weighted by Crippen LogP contribution is 2.09. The van der Waals surface area contributed by atoms with Crippen molar-refractivity contribution >= 4 is 11.8 Å². The van der Waals surface area contributed by atoms with E-state index in [1.165, 1.54) is 7.11 Å². The van der Waals surface area contributed by atoms with Crippen LogP contribution in [0.1, 0.15) is 84.0 Å². The molecule has 0 bridgehead atoms. The van der Waals surface area contributed by atoms with Crippen LogP contribution >= 0.6 is 0 Å². The van der Waals surface area contributed by atoms with Gasteiger partial charge in [-0.2, -0.15) is 0 Å². The normalized spacial score (nSPS) is 12.5. The smallest absolute Gasteiger partial charge is 0.305 e. The quantitative estimate of drug-likeness (QED) is 0.276. The average Bonchev–Trinajstić information content (AvgIpc) is 2.53. The van der Waals surface area contributed by atoms with Crippen LogP contribution in [0.4, 0.5) is 0 Å². The Morgan fingerprint density at radius 3 is 2.43 bits per heavy atom. The first kappa shape index (κ1) is 21.8. The lowest BCUT2D eigenvalue weighted by Gasteiger charge is -2.07. The summed E-state index contributed by atoms with van der Waals surface area (Å²) in [5, 5.41) is 9.74. The summed E-state index contributed by atoms with van der Waals surface area (Å²) in [6, 6.07) is 0. The van der Waals surface area contributed by atoms with Crippen molar-refractivity contribution in [1.82, 2.24) is 0 Å². The van der Waals surface area contributed by atoms with Gasteiger partial charge in [0.05, 0.1) is 13.2 Å². The van der Waals surface area contributed by atoms with Crippen LogP contribution in [0.25, 0.3) is 0 Å². The van der Waals surface area contributed by atoms with E-state index in [0.717, 1.165) is 64.2 Å². The Labute approximate surface area is 141 Å². The standard InChI is InChI=1S/C19H34O4/c1-3-4-10-13-17(20)16-18(21)14-11-8-6-5-7-9-12-15-19(22)23-2/h11,14,17,20H,3-10,12-13,15-16H2,1-2H3/b14-11+. The van der Waals surface area contributed by atoms with Crippen LogP contribution in [0, 0.1) is 0 Å². The molecule has 1 unspecified atom stereocenters. The second-order valence-electron chi connectivity index (χ2n) is 6.10. The molecule has 0 heterocycles. The molecular formula is C19H34O4. The Kier molecular flexibility index (Phi) is 14.9. The number of ketones is 1. The molecule has 0 amide bonds. The van der Waals surface area contributed by atoms with Crippen molar-refractivity contribution in [2.45, 2.75) is 90.1 Å². The van der Waals surface area contributed by atoms with Crippen LogP contribution in [-0.4, -0.2) is 30.1 Å². The predicted octanol–water partition coefficient (Wildman–Crippen LogP) is 4.35. The second-order valence-corrected chi connectivity index (χ2v) is 6.10. The highest BCUT2D eigenvalue weighted by Gasteiger charge is 2.07. The van der Waals surface area contributed by atoms with Crippen molar-refractivity contribution in [2.75, 3.05) is 7.11 Å². The summed E-state index contributed by atoms with van der Waals surface area (Å²) < 4.78 is 4.59. The number of hydrogen-bond acceptors (Lipinski definition) is 4. The Hall–Kier alpha value is -1.16. The summed E-state index contributed by atoms with van der Waals surface area (Å²) >= 11 is 0. The zero-order valence-electron chi connectivity index (χ0n) is 14.9. The van der Waals surface area contributed by atoms with Gasteiger partial charge in [0.15, 0.2) is 5.78 Å². The minimum Gasteiger partial charge on any atom is -0.469 e. The van der Waals surface area contributed by atoms with Gasteiger partial charge in [-0.05, 0) is 31.8 Å². The number of methoxy groups -OCH3 is 1. The first-order valence-corrected chi connectivity index (χ1v) is 9.04. The molecule has 23 heavy (non-hydrogen) atoms. The average molecular weight is 326 g/mol. The van der Waals surface area contributed by atoms with Crippen LogP contribution in [0.5, 0.6) is 0 Å². The van der Waals surface area contributed by atoms with E-state index in [-0.39, 0.29) is 18.2 Å². The lowest BCUT2D eigenvalue weighted by molar-refractivity contribution is -0.140. The largest absolute Gasteiger partial charge is 0.469 e. The number of aliphatic hydroxyl groups is 1. The first-order valence-electron chi connectivity index (χ1n) is 9.04. The molecule has 1 atom stereocenters. The number of unbranched alkanes of at least 4 members (excludes halogenated alkanes) is 7. The van der Waals surface area contributed by atoms with Gasteiger partial charge in [0.2, 0.25) is 0 Å². The minimum atomic E-state index is -0.492. The van der Waals surface area contributed by atoms with Crippen LogP contribution < -0.4 is 0 Å². The van der Waals surface area contributed by atoms with Crippen molar-refractivity contribution in [1.29, 1.82) is 0 Å². The van der Waals surface area contributed by atoms with Gasteiger partial charge in [0, 0.05) is 12.8 Å². The lowest BCUT2D eigenvalue weighted by Crippen LogP contribution is -2.11. The molecule has 134 valence electrons. The maximum Gasteiger partial charge on any atom is 0.305 e. The molecule has 0 aliphatic rings. The van der Waals surface area contributed by atoms with Crippen LogP contribution in [0.15, 0.2) is 12.2 Å². The summed E-state index contributed by atoms with van der Waals surface area (Å²) in [4.78, 5) is 22.6. The number of aliphatic hydroxyl groups excluding tert-OH is 1. The van der Waals surface area contributed by atoms with Gasteiger partial charge in [0.25, 0.3) is 0 Å². The molecule has 4 heteroatoms. The summed E-state index contributed by atoms with van der Waals surface area (Å²) in [5.74, 6) is -0.115. The molecular weight excluding hydrogens is 292 g/mol. The van der Waals surface area contributed by atoms with Crippen molar-refractivity contribution in [3.8, 4) is 0 Å². The molecule has 0 saturated heterocycles. The van der Waals surface area contributed by atoms with Crippen molar-refractivity contribution < 1.29 is 19.4 Å². The van der Waals surface area contributed by atoms with Gasteiger partial charge in [-0.15, -0.1) is 0 Å². The van der Waals surface area contributed by atoms with Crippen molar-refractivity contribution in [2.24, 2.45) is 0 Å². The molecule has 0 fully saturated rings. The number of allylic oxidation sites excluding steroid dienone is 2. The van der Waals surface area contributed by atoms with E-state index in [4.69, 9.17) is 0 Å². The van der Waals surface area contributed by atoms with Gasteiger partial charge in [-0.25, -0.2) is 0 Å². The van der Waals surface area contributed by atoms with Gasteiger partial charge < -0.3 is 9.84 Å². The second kappa shape index (κ2) is 15.7. The van der Waals surface area contributed by atoms with Gasteiger partial charge in [-0.3, -0.25) is 9.59 Å². The number of rotatable bonds is 15. The number of carbonyl (C=O) groups excluding carboxylic acids is 2. The zero-order valence-corrected chi connectivity index (χ0v) is 14.9. The van der Waals surface area contributed by atoms with E-state index in [9.17, 15) is 14.7 Å². The van der Waals surface area contributed by atoms with E-state index < -0.39 is 6.10 Å². The third-order valence-electron chi connectivity index (χ3n) is 3.86. The van der Waals surface area contributed by atoms with Crippen LogP contribution in [0.3, 0.4) is 0 Å². The SMILES string of the molecule is CCCCCC(O)CC(=O)/C=C/CCCCCCCC(=O)OC. The minimum absolute atomic E-state index is 0.0204. The molecule has 0 spiro atoms. The zero-order chi connectivity index (χ0) is 17.3. The van der Waals surface area contributed by atoms with E-state index >= 15 is 0 Å². The fourth-order valence-corrected chi connectivity index (χ4v) is 2.41. The monoisotopic (exact) mass is 326 g/mol. The Morgan fingerprint density at radius 2 is 1.74 bits per heavy atom. The van der Waals surface area contributed by atoms with E-state index in [1.807, 2.05) is 6.08 Å².